The maximum absolute atomic E-state index is 12.9. The monoisotopic (exact) mass is 202 g/mol. The zero-order valence-electron chi connectivity index (χ0n) is 7.09. The molecular formula is C8H5F3N2O. The fourth-order valence-electron chi connectivity index (χ4n) is 0.910. The van der Waals surface area contributed by atoms with Crippen molar-refractivity contribution < 1.29 is 17.9 Å². The quantitative estimate of drug-likeness (QED) is 0.689. The number of pyridine rings is 1. The van der Waals surface area contributed by atoms with Crippen molar-refractivity contribution in [3.05, 3.63) is 23.3 Å². The Hall–Kier alpha value is -1.77. The SMILES string of the molecule is COc1c(C#N)cc(C(F)F)nc1F. The second-order valence-corrected chi connectivity index (χ2v) is 2.33. The fourth-order valence-corrected chi connectivity index (χ4v) is 0.910. The molecule has 0 saturated heterocycles. The van der Waals surface area contributed by atoms with Crippen LogP contribution in [0, 0.1) is 17.3 Å². The van der Waals surface area contributed by atoms with E-state index in [1.807, 2.05) is 0 Å². The average molecular weight is 202 g/mol. The summed E-state index contributed by atoms with van der Waals surface area (Å²) in [5.74, 6) is -1.63. The van der Waals surface area contributed by atoms with Crippen LogP contribution >= 0.6 is 0 Å². The summed E-state index contributed by atoms with van der Waals surface area (Å²) in [5.41, 5.74) is -1.07. The van der Waals surface area contributed by atoms with Gasteiger partial charge in [-0.25, -0.2) is 13.8 Å². The highest BCUT2D eigenvalue weighted by molar-refractivity contribution is 5.43. The molecule has 0 aromatic carbocycles. The van der Waals surface area contributed by atoms with Crippen LogP contribution < -0.4 is 4.74 Å². The lowest BCUT2D eigenvalue weighted by Gasteiger charge is -2.05. The average Bonchev–Trinajstić information content (AvgIpc) is 2.16. The van der Waals surface area contributed by atoms with Gasteiger partial charge in [-0.3, -0.25) is 0 Å². The molecule has 1 heterocycles. The van der Waals surface area contributed by atoms with Crippen molar-refractivity contribution in [2.24, 2.45) is 0 Å². The molecule has 0 fully saturated rings. The largest absolute Gasteiger partial charge is 0.491 e. The number of rotatable bonds is 2. The van der Waals surface area contributed by atoms with Gasteiger partial charge in [-0.05, 0) is 6.07 Å². The van der Waals surface area contributed by atoms with Gasteiger partial charge in [-0.2, -0.15) is 9.65 Å². The standard InChI is InChI=1S/C8H5F3N2O/c1-14-6-4(3-12)2-5(7(9)10)13-8(6)11/h2,7H,1H3. The summed E-state index contributed by atoms with van der Waals surface area (Å²) in [4.78, 5) is 2.96. The van der Waals surface area contributed by atoms with Gasteiger partial charge in [0.2, 0.25) is 0 Å². The smallest absolute Gasteiger partial charge is 0.280 e. The van der Waals surface area contributed by atoms with Gasteiger partial charge in [-0.1, -0.05) is 0 Å². The van der Waals surface area contributed by atoms with Crippen molar-refractivity contribution in [1.29, 1.82) is 5.26 Å². The van der Waals surface area contributed by atoms with Crippen LogP contribution in [0.4, 0.5) is 13.2 Å². The Kier molecular flexibility index (Phi) is 2.92. The normalized spacial score (nSPS) is 10.0. The number of halogens is 3. The minimum absolute atomic E-state index is 0.296. The van der Waals surface area contributed by atoms with E-state index in [1.165, 1.54) is 0 Å². The van der Waals surface area contributed by atoms with Crippen LogP contribution in [0.3, 0.4) is 0 Å². The van der Waals surface area contributed by atoms with Gasteiger partial charge in [0.25, 0.3) is 12.4 Å². The zero-order valence-corrected chi connectivity index (χ0v) is 7.09. The molecular weight excluding hydrogens is 197 g/mol. The Balaban J connectivity index is 3.33. The van der Waals surface area contributed by atoms with E-state index in [-0.39, 0.29) is 5.56 Å². The van der Waals surface area contributed by atoms with Gasteiger partial charge in [-0.15, -0.1) is 0 Å². The van der Waals surface area contributed by atoms with Gasteiger partial charge >= 0.3 is 0 Å². The van der Waals surface area contributed by atoms with Gasteiger partial charge < -0.3 is 4.74 Å². The highest BCUT2D eigenvalue weighted by Crippen LogP contribution is 2.25. The fraction of sp³-hybridized carbons (Fsp3) is 0.250. The van der Waals surface area contributed by atoms with E-state index in [1.54, 1.807) is 6.07 Å². The summed E-state index contributed by atoms with van der Waals surface area (Å²) in [5, 5.41) is 8.51. The summed E-state index contributed by atoms with van der Waals surface area (Å²) >= 11 is 0. The van der Waals surface area contributed by atoms with Crippen molar-refractivity contribution >= 4 is 0 Å². The van der Waals surface area contributed by atoms with Crippen LogP contribution in [0.15, 0.2) is 6.07 Å². The molecule has 0 spiro atoms. The lowest BCUT2D eigenvalue weighted by Crippen LogP contribution is -2.00. The molecule has 14 heavy (non-hydrogen) atoms. The summed E-state index contributed by atoms with van der Waals surface area (Å²) in [7, 11) is 1.13. The Morgan fingerprint density at radius 1 is 1.57 bits per heavy atom. The summed E-state index contributed by atoms with van der Waals surface area (Å²) < 4.78 is 41.7. The van der Waals surface area contributed by atoms with Crippen LogP contribution in [0.25, 0.3) is 0 Å². The molecule has 0 radical (unpaired) electrons. The number of nitriles is 1. The maximum atomic E-state index is 12.9. The number of hydrogen-bond acceptors (Lipinski definition) is 3. The highest BCUT2D eigenvalue weighted by Gasteiger charge is 2.17. The molecule has 1 aromatic rings. The van der Waals surface area contributed by atoms with Crippen LogP contribution in [0.1, 0.15) is 17.7 Å². The topological polar surface area (TPSA) is 45.9 Å². The van der Waals surface area contributed by atoms with E-state index >= 15 is 0 Å². The lowest BCUT2D eigenvalue weighted by atomic mass is 10.2. The molecule has 0 bridgehead atoms. The minimum atomic E-state index is -2.91. The van der Waals surface area contributed by atoms with Crippen molar-refractivity contribution in [1.82, 2.24) is 4.98 Å². The van der Waals surface area contributed by atoms with Crippen molar-refractivity contribution in [3.63, 3.8) is 0 Å². The minimum Gasteiger partial charge on any atom is -0.491 e. The molecule has 0 amide bonds. The first-order chi connectivity index (χ1) is 6.60. The van der Waals surface area contributed by atoms with Crippen molar-refractivity contribution in [2.75, 3.05) is 7.11 Å². The second kappa shape index (κ2) is 3.96. The number of ether oxygens (including phenoxy) is 1. The molecule has 0 aliphatic rings. The van der Waals surface area contributed by atoms with E-state index in [2.05, 4.69) is 9.72 Å². The van der Waals surface area contributed by atoms with Gasteiger partial charge in [0.1, 0.15) is 17.3 Å². The second-order valence-electron chi connectivity index (χ2n) is 2.33. The lowest BCUT2D eigenvalue weighted by molar-refractivity contribution is 0.144. The van der Waals surface area contributed by atoms with E-state index in [0.29, 0.717) is 0 Å². The van der Waals surface area contributed by atoms with Gasteiger partial charge in [0, 0.05) is 0 Å². The Labute approximate surface area is 77.7 Å². The highest BCUT2D eigenvalue weighted by atomic mass is 19.3. The van der Waals surface area contributed by atoms with Crippen LogP contribution in [-0.2, 0) is 0 Å². The van der Waals surface area contributed by atoms with Crippen LogP contribution in [0.2, 0.25) is 0 Å². The van der Waals surface area contributed by atoms with Crippen LogP contribution in [0.5, 0.6) is 5.75 Å². The summed E-state index contributed by atoms with van der Waals surface area (Å²) in [6.45, 7) is 0. The number of aromatic nitrogens is 1. The number of alkyl halides is 2. The molecule has 74 valence electrons. The molecule has 0 saturated carbocycles. The van der Waals surface area contributed by atoms with E-state index in [4.69, 9.17) is 5.26 Å². The van der Waals surface area contributed by atoms with Gasteiger partial charge in [0.05, 0.1) is 7.11 Å². The molecule has 0 atom stereocenters. The zero-order chi connectivity index (χ0) is 10.7. The maximum Gasteiger partial charge on any atom is 0.280 e. The third-order valence-corrected chi connectivity index (χ3v) is 1.50. The molecule has 1 rings (SSSR count). The number of nitrogens with zero attached hydrogens (tertiary/aromatic N) is 2. The molecule has 3 nitrogen and oxygen atoms in total. The Morgan fingerprint density at radius 2 is 2.21 bits per heavy atom. The first kappa shape index (κ1) is 10.3. The molecule has 0 aliphatic carbocycles. The third-order valence-electron chi connectivity index (χ3n) is 1.50. The van der Waals surface area contributed by atoms with E-state index in [0.717, 1.165) is 13.2 Å². The molecule has 0 aliphatic heterocycles. The van der Waals surface area contributed by atoms with Gasteiger partial charge in [0.15, 0.2) is 5.75 Å². The number of hydrogen-bond donors (Lipinski definition) is 0. The Bertz CT molecular complexity index is 387. The van der Waals surface area contributed by atoms with E-state index < -0.39 is 23.8 Å². The number of methoxy groups -OCH3 is 1. The van der Waals surface area contributed by atoms with Crippen molar-refractivity contribution in [3.8, 4) is 11.8 Å². The molecule has 0 N–H and O–H groups in total. The third kappa shape index (κ3) is 1.76. The first-order valence-corrected chi connectivity index (χ1v) is 3.52. The van der Waals surface area contributed by atoms with Crippen LogP contribution in [-0.4, -0.2) is 12.1 Å². The Morgan fingerprint density at radius 3 is 2.64 bits per heavy atom. The molecule has 0 unspecified atom stereocenters. The predicted octanol–water partition coefficient (Wildman–Crippen LogP) is 2.04. The molecule has 6 heteroatoms. The first-order valence-electron chi connectivity index (χ1n) is 3.52. The predicted molar refractivity (Wildman–Crippen MR) is 40.4 cm³/mol. The van der Waals surface area contributed by atoms with Crippen molar-refractivity contribution in [2.45, 2.75) is 6.43 Å². The summed E-state index contributed by atoms with van der Waals surface area (Å²) in [6.07, 6.45) is -2.91. The summed E-state index contributed by atoms with van der Waals surface area (Å²) in [6, 6.07) is 2.34. The van der Waals surface area contributed by atoms with E-state index in [9.17, 15) is 13.2 Å². The molecule has 1 aromatic heterocycles.